The molecule has 0 saturated carbocycles. The third-order valence-electron chi connectivity index (χ3n) is 3.50. The maximum Gasteiger partial charge on any atom is 0.0648 e. The number of hydrogen-bond donors (Lipinski definition) is 0. The molecule has 0 aliphatic rings. The Morgan fingerprint density at radius 3 is 2.21 bits per heavy atom. The Balaban J connectivity index is 3.22. The Morgan fingerprint density at radius 2 is 1.74 bits per heavy atom. The molecular formula is C18H25N. The van der Waals surface area contributed by atoms with E-state index in [9.17, 15) is 0 Å². The molecule has 0 bridgehead atoms. The summed E-state index contributed by atoms with van der Waals surface area (Å²) in [5.41, 5.74) is 6.37. The Bertz CT molecular complexity index is 504. The molecule has 1 aromatic carbocycles. The van der Waals surface area contributed by atoms with E-state index in [2.05, 4.69) is 69.1 Å². The van der Waals surface area contributed by atoms with E-state index >= 15 is 0 Å². The van der Waals surface area contributed by atoms with Crippen molar-refractivity contribution in [2.24, 2.45) is 4.99 Å². The van der Waals surface area contributed by atoms with Crippen molar-refractivity contribution in [3.63, 3.8) is 0 Å². The van der Waals surface area contributed by atoms with Gasteiger partial charge in [0.05, 0.1) is 5.71 Å². The van der Waals surface area contributed by atoms with Crippen LogP contribution in [0.15, 0.2) is 52.6 Å². The Labute approximate surface area is 117 Å². The number of aliphatic imine (C=N–C) groups is 1. The predicted molar refractivity (Wildman–Crippen MR) is 86.1 cm³/mol. The summed E-state index contributed by atoms with van der Waals surface area (Å²) >= 11 is 0. The lowest BCUT2D eigenvalue weighted by Gasteiger charge is -2.11. The van der Waals surface area contributed by atoms with Gasteiger partial charge in [-0.3, -0.25) is 4.99 Å². The minimum atomic E-state index is 1.04. The van der Waals surface area contributed by atoms with E-state index in [0.29, 0.717) is 0 Å². The first-order chi connectivity index (χ1) is 9.17. The monoisotopic (exact) mass is 255 g/mol. The number of hydrogen-bond acceptors (Lipinski definition) is 1. The van der Waals surface area contributed by atoms with Gasteiger partial charge in [0.1, 0.15) is 0 Å². The number of rotatable bonds is 5. The minimum absolute atomic E-state index is 1.04. The van der Waals surface area contributed by atoms with Crippen LogP contribution >= 0.6 is 0 Å². The Morgan fingerprint density at radius 1 is 1.11 bits per heavy atom. The van der Waals surface area contributed by atoms with Crippen LogP contribution in [0.2, 0.25) is 0 Å². The third kappa shape index (κ3) is 3.92. The van der Waals surface area contributed by atoms with E-state index in [1.807, 2.05) is 7.05 Å². The standard InChI is InChI=1S/C18H25N/c1-6-15(7-2)16(8-3)13-18(19-5)17-12-10-9-11-14(17)4/h6,9-13H,7-8H2,1-5H3/b15-6-,16-13-,19-18?. The molecule has 0 aromatic heterocycles. The van der Waals surface area contributed by atoms with Gasteiger partial charge in [-0.15, -0.1) is 0 Å². The molecule has 102 valence electrons. The molecule has 0 saturated heterocycles. The van der Waals surface area contributed by atoms with Crippen molar-refractivity contribution in [2.45, 2.75) is 40.5 Å². The van der Waals surface area contributed by atoms with E-state index in [-0.39, 0.29) is 0 Å². The van der Waals surface area contributed by atoms with Crippen LogP contribution in [0.3, 0.4) is 0 Å². The first kappa shape index (κ1) is 15.4. The molecule has 0 aliphatic carbocycles. The van der Waals surface area contributed by atoms with Crippen LogP contribution in [0, 0.1) is 6.92 Å². The highest BCUT2D eigenvalue weighted by Crippen LogP contribution is 2.19. The summed E-state index contributed by atoms with van der Waals surface area (Å²) in [5.74, 6) is 0. The summed E-state index contributed by atoms with van der Waals surface area (Å²) in [6, 6.07) is 8.42. The topological polar surface area (TPSA) is 12.4 Å². The van der Waals surface area contributed by atoms with Crippen molar-refractivity contribution in [1.29, 1.82) is 0 Å². The molecule has 0 spiro atoms. The molecule has 19 heavy (non-hydrogen) atoms. The molecule has 0 unspecified atom stereocenters. The highest BCUT2D eigenvalue weighted by molar-refractivity contribution is 6.10. The molecule has 0 atom stereocenters. The van der Waals surface area contributed by atoms with Crippen LogP contribution in [0.25, 0.3) is 0 Å². The van der Waals surface area contributed by atoms with E-state index < -0.39 is 0 Å². The lowest BCUT2D eigenvalue weighted by Crippen LogP contribution is -2.02. The van der Waals surface area contributed by atoms with Gasteiger partial charge >= 0.3 is 0 Å². The van der Waals surface area contributed by atoms with Gasteiger partial charge in [0.25, 0.3) is 0 Å². The zero-order valence-electron chi connectivity index (χ0n) is 12.8. The van der Waals surface area contributed by atoms with Crippen LogP contribution in [0.1, 0.15) is 44.7 Å². The molecular weight excluding hydrogens is 230 g/mol. The smallest absolute Gasteiger partial charge is 0.0648 e. The number of allylic oxidation sites excluding steroid dienone is 4. The average Bonchev–Trinajstić information content (AvgIpc) is 2.44. The molecule has 0 fully saturated rings. The second-order valence-corrected chi connectivity index (χ2v) is 4.61. The minimum Gasteiger partial charge on any atom is -0.288 e. The largest absolute Gasteiger partial charge is 0.288 e. The normalized spacial score (nSPS) is 13.8. The van der Waals surface area contributed by atoms with E-state index in [0.717, 1.165) is 18.6 Å². The quantitative estimate of drug-likeness (QED) is 0.512. The van der Waals surface area contributed by atoms with Crippen LogP contribution in [-0.2, 0) is 0 Å². The zero-order valence-corrected chi connectivity index (χ0v) is 12.8. The van der Waals surface area contributed by atoms with Crippen molar-refractivity contribution in [1.82, 2.24) is 0 Å². The molecule has 0 N–H and O–H groups in total. The van der Waals surface area contributed by atoms with Crippen molar-refractivity contribution < 1.29 is 0 Å². The number of nitrogens with zero attached hydrogens (tertiary/aromatic N) is 1. The van der Waals surface area contributed by atoms with Crippen molar-refractivity contribution >= 4 is 5.71 Å². The maximum absolute atomic E-state index is 4.47. The molecule has 0 aliphatic heterocycles. The zero-order chi connectivity index (χ0) is 14.3. The third-order valence-corrected chi connectivity index (χ3v) is 3.50. The first-order valence-corrected chi connectivity index (χ1v) is 7.06. The van der Waals surface area contributed by atoms with Crippen LogP contribution in [-0.4, -0.2) is 12.8 Å². The fourth-order valence-electron chi connectivity index (χ4n) is 2.33. The summed E-state index contributed by atoms with van der Waals surface area (Å²) in [5, 5.41) is 0. The average molecular weight is 255 g/mol. The van der Waals surface area contributed by atoms with Crippen LogP contribution in [0.5, 0.6) is 0 Å². The molecule has 1 nitrogen and oxygen atoms in total. The molecule has 0 heterocycles. The summed E-state index contributed by atoms with van der Waals surface area (Å²) in [6.07, 6.45) is 6.56. The lowest BCUT2D eigenvalue weighted by atomic mass is 9.96. The van der Waals surface area contributed by atoms with Gasteiger partial charge in [-0.05, 0) is 49.5 Å². The van der Waals surface area contributed by atoms with Gasteiger partial charge in [0.15, 0.2) is 0 Å². The molecule has 0 amide bonds. The van der Waals surface area contributed by atoms with Crippen molar-refractivity contribution in [3.8, 4) is 0 Å². The van der Waals surface area contributed by atoms with E-state index in [4.69, 9.17) is 0 Å². The molecule has 0 radical (unpaired) electrons. The number of aryl methyl sites for hydroxylation is 1. The highest BCUT2D eigenvalue weighted by Gasteiger charge is 2.06. The predicted octanol–water partition coefficient (Wildman–Crippen LogP) is 5.11. The van der Waals surface area contributed by atoms with Gasteiger partial charge in [0.2, 0.25) is 0 Å². The van der Waals surface area contributed by atoms with E-state index in [1.165, 1.54) is 22.3 Å². The van der Waals surface area contributed by atoms with Crippen LogP contribution in [0.4, 0.5) is 0 Å². The fraction of sp³-hybridized carbons (Fsp3) is 0.389. The van der Waals surface area contributed by atoms with Gasteiger partial charge in [-0.25, -0.2) is 0 Å². The molecule has 1 heteroatoms. The molecule has 1 aromatic rings. The number of benzene rings is 1. The molecule has 1 rings (SSSR count). The summed E-state index contributed by atoms with van der Waals surface area (Å²) < 4.78 is 0. The van der Waals surface area contributed by atoms with Gasteiger partial charge in [-0.2, -0.15) is 0 Å². The Kier molecular flexibility index (Phi) is 6.27. The summed E-state index contributed by atoms with van der Waals surface area (Å²) in [4.78, 5) is 4.47. The van der Waals surface area contributed by atoms with Gasteiger partial charge < -0.3 is 0 Å². The van der Waals surface area contributed by atoms with Crippen molar-refractivity contribution in [3.05, 3.63) is 58.7 Å². The Hall–Kier alpha value is -1.63. The lowest BCUT2D eigenvalue weighted by molar-refractivity contribution is 1.02. The SMILES string of the molecule is C/C=C(CC)\C(=C/C(=NC)c1ccccc1C)CC. The van der Waals surface area contributed by atoms with Crippen LogP contribution < -0.4 is 0 Å². The maximum atomic E-state index is 4.47. The van der Waals surface area contributed by atoms with Crippen molar-refractivity contribution in [2.75, 3.05) is 7.05 Å². The summed E-state index contributed by atoms with van der Waals surface area (Å²) in [6.45, 7) is 8.65. The summed E-state index contributed by atoms with van der Waals surface area (Å²) in [7, 11) is 1.87. The second-order valence-electron chi connectivity index (χ2n) is 4.61. The van der Waals surface area contributed by atoms with Gasteiger partial charge in [0, 0.05) is 12.6 Å². The highest BCUT2D eigenvalue weighted by atomic mass is 14.7. The van der Waals surface area contributed by atoms with Gasteiger partial charge in [-0.1, -0.05) is 44.2 Å². The van der Waals surface area contributed by atoms with E-state index in [1.54, 1.807) is 0 Å². The first-order valence-electron chi connectivity index (χ1n) is 7.06. The fourth-order valence-corrected chi connectivity index (χ4v) is 2.33. The second kappa shape index (κ2) is 7.73.